The fourth-order valence-electron chi connectivity index (χ4n) is 3.44. The quantitative estimate of drug-likeness (QED) is 0.646. The molecule has 0 bridgehead atoms. The number of hydrogen-bond donors (Lipinski definition) is 2. The third kappa shape index (κ3) is 6.04. The van der Waals surface area contributed by atoms with Crippen molar-refractivity contribution in [1.29, 1.82) is 0 Å². The van der Waals surface area contributed by atoms with E-state index in [4.69, 9.17) is 9.47 Å². The fourth-order valence-corrected chi connectivity index (χ4v) is 3.44. The standard InChI is InChI=1S/C22H30O4/c1-25-21-9-3-6-17(14-21)12-19(8-5-11-23)20(16-24)13-18-7-4-10-22(15-18)26-2/h3-4,6-7,9-10,14-15,19-20,23-24H,5,8,11-13,16H2,1-2H3/t19-,20+/m0/s1. The summed E-state index contributed by atoms with van der Waals surface area (Å²) in [6, 6.07) is 16.1. The first-order chi connectivity index (χ1) is 12.7. The van der Waals surface area contributed by atoms with E-state index in [0.29, 0.717) is 0 Å². The molecule has 4 heteroatoms. The van der Waals surface area contributed by atoms with Gasteiger partial charge in [-0.3, -0.25) is 0 Å². The van der Waals surface area contributed by atoms with Gasteiger partial charge >= 0.3 is 0 Å². The zero-order chi connectivity index (χ0) is 18.8. The minimum absolute atomic E-state index is 0.122. The van der Waals surface area contributed by atoms with Crippen LogP contribution in [0.4, 0.5) is 0 Å². The lowest BCUT2D eigenvalue weighted by molar-refractivity contribution is 0.158. The van der Waals surface area contributed by atoms with Crippen LogP contribution in [0.1, 0.15) is 24.0 Å². The largest absolute Gasteiger partial charge is 0.497 e. The lowest BCUT2D eigenvalue weighted by Gasteiger charge is -2.26. The van der Waals surface area contributed by atoms with Crippen LogP contribution in [0.25, 0.3) is 0 Å². The highest BCUT2D eigenvalue weighted by atomic mass is 16.5. The summed E-state index contributed by atoms with van der Waals surface area (Å²) in [5.41, 5.74) is 2.35. The van der Waals surface area contributed by atoms with Crippen molar-refractivity contribution >= 4 is 0 Å². The van der Waals surface area contributed by atoms with E-state index in [-0.39, 0.29) is 25.0 Å². The molecule has 2 atom stereocenters. The highest BCUT2D eigenvalue weighted by molar-refractivity contribution is 5.30. The first-order valence-corrected chi connectivity index (χ1v) is 9.17. The maximum Gasteiger partial charge on any atom is 0.119 e. The zero-order valence-corrected chi connectivity index (χ0v) is 15.7. The summed E-state index contributed by atoms with van der Waals surface area (Å²) in [5, 5.41) is 19.3. The molecule has 0 saturated heterocycles. The summed E-state index contributed by atoms with van der Waals surface area (Å²) in [5.74, 6) is 2.08. The molecule has 0 unspecified atom stereocenters. The van der Waals surface area contributed by atoms with E-state index in [1.54, 1.807) is 14.2 Å². The number of aliphatic hydroxyl groups is 2. The van der Waals surface area contributed by atoms with E-state index in [2.05, 4.69) is 12.1 Å². The Morgan fingerprint density at radius 2 is 1.35 bits per heavy atom. The molecule has 2 aromatic carbocycles. The molecule has 2 N–H and O–H groups in total. The van der Waals surface area contributed by atoms with Gasteiger partial charge < -0.3 is 19.7 Å². The maximum atomic E-state index is 10.0. The van der Waals surface area contributed by atoms with Crippen LogP contribution >= 0.6 is 0 Å². The minimum Gasteiger partial charge on any atom is -0.497 e. The van der Waals surface area contributed by atoms with Crippen molar-refractivity contribution in [2.24, 2.45) is 11.8 Å². The van der Waals surface area contributed by atoms with Crippen molar-refractivity contribution in [3.8, 4) is 11.5 Å². The minimum atomic E-state index is 0.122. The average Bonchev–Trinajstić information content (AvgIpc) is 2.69. The number of aliphatic hydroxyl groups excluding tert-OH is 2. The van der Waals surface area contributed by atoms with Crippen LogP contribution in [0.2, 0.25) is 0 Å². The molecule has 0 saturated carbocycles. The van der Waals surface area contributed by atoms with E-state index in [1.807, 2.05) is 36.4 Å². The average molecular weight is 358 g/mol. The Morgan fingerprint density at radius 3 is 1.81 bits per heavy atom. The Kier molecular flexibility index (Phi) is 8.45. The van der Waals surface area contributed by atoms with E-state index in [0.717, 1.165) is 42.7 Å². The van der Waals surface area contributed by atoms with Crippen LogP contribution in [0, 0.1) is 11.8 Å². The van der Waals surface area contributed by atoms with Crippen molar-refractivity contribution in [3.63, 3.8) is 0 Å². The number of hydrogen-bond acceptors (Lipinski definition) is 4. The van der Waals surface area contributed by atoms with Gasteiger partial charge in [0, 0.05) is 13.2 Å². The normalized spacial score (nSPS) is 13.2. The molecular formula is C22H30O4. The topological polar surface area (TPSA) is 58.9 Å². The summed E-state index contributed by atoms with van der Waals surface area (Å²) >= 11 is 0. The van der Waals surface area contributed by atoms with Gasteiger partial charge in [-0.1, -0.05) is 24.3 Å². The Morgan fingerprint density at radius 1 is 0.808 bits per heavy atom. The van der Waals surface area contributed by atoms with Gasteiger partial charge in [-0.05, 0) is 72.9 Å². The molecule has 0 aliphatic rings. The molecule has 0 aromatic heterocycles. The first-order valence-electron chi connectivity index (χ1n) is 9.17. The lowest BCUT2D eigenvalue weighted by Crippen LogP contribution is -2.23. The maximum absolute atomic E-state index is 10.0. The Balaban J connectivity index is 2.15. The van der Waals surface area contributed by atoms with Crippen LogP contribution in [-0.4, -0.2) is 37.6 Å². The van der Waals surface area contributed by atoms with Crippen LogP contribution in [0.5, 0.6) is 11.5 Å². The molecule has 26 heavy (non-hydrogen) atoms. The monoisotopic (exact) mass is 358 g/mol. The number of methoxy groups -OCH3 is 2. The first kappa shape index (κ1) is 20.3. The molecule has 0 spiro atoms. The van der Waals surface area contributed by atoms with E-state index >= 15 is 0 Å². The van der Waals surface area contributed by atoms with Crippen molar-refractivity contribution in [2.45, 2.75) is 25.7 Å². The second-order valence-corrected chi connectivity index (χ2v) is 6.68. The van der Waals surface area contributed by atoms with Crippen LogP contribution < -0.4 is 9.47 Å². The highest BCUT2D eigenvalue weighted by Gasteiger charge is 2.22. The van der Waals surface area contributed by atoms with Gasteiger partial charge in [-0.25, -0.2) is 0 Å². The van der Waals surface area contributed by atoms with Crippen LogP contribution in [0.3, 0.4) is 0 Å². The molecule has 0 aliphatic carbocycles. The number of rotatable bonds is 11. The Bertz CT molecular complexity index is 656. The zero-order valence-electron chi connectivity index (χ0n) is 15.7. The Hall–Kier alpha value is -2.04. The van der Waals surface area contributed by atoms with E-state index in [1.165, 1.54) is 5.56 Å². The van der Waals surface area contributed by atoms with E-state index in [9.17, 15) is 10.2 Å². The van der Waals surface area contributed by atoms with Crippen molar-refractivity contribution < 1.29 is 19.7 Å². The van der Waals surface area contributed by atoms with Crippen LogP contribution in [-0.2, 0) is 12.8 Å². The molecular weight excluding hydrogens is 328 g/mol. The SMILES string of the molecule is COc1cccc(C[C@H](CO)[C@@H](CCCO)Cc2cccc(OC)c2)c1. The van der Waals surface area contributed by atoms with Gasteiger partial charge in [0.1, 0.15) is 11.5 Å². The molecule has 0 radical (unpaired) electrons. The molecule has 0 aliphatic heterocycles. The van der Waals surface area contributed by atoms with Crippen molar-refractivity contribution in [3.05, 3.63) is 59.7 Å². The molecule has 0 amide bonds. The number of benzene rings is 2. The lowest BCUT2D eigenvalue weighted by atomic mass is 9.80. The van der Waals surface area contributed by atoms with Gasteiger partial charge in [-0.15, -0.1) is 0 Å². The third-order valence-corrected chi connectivity index (χ3v) is 4.90. The summed E-state index contributed by atoms with van der Waals surface area (Å²) < 4.78 is 10.6. The van der Waals surface area contributed by atoms with Gasteiger partial charge in [0.15, 0.2) is 0 Å². The molecule has 2 rings (SSSR count). The second kappa shape index (κ2) is 10.8. The summed E-state index contributed by atoms with van der Waals surface area (Å²) in [7, 11) is 3.33. The summed E-state index contributed by atoms with van der Waals surface area (Å²) in [6.07, 6.45) is 3.26. The smallest absolute Gasteiger partial charge is 0.119 e. The summed E-state index contributed by atoms with van der Waals surface area (Å²) in [4.78, 5) is 0. The summed E-state index contributed by atoms with van der Waals surface area (Å²) in [6.45, 7) is 0.295. The predicted octanol–water partition coefficient (Wildman–Crippen LogP) is 3.49. The molecule has 0 heterocycles. The fraction of sp³-hybridized carbons (Fsp3) is 0.455. The van der Waals surface area contributed by atoms with Gasteiger partial charge in [-0.2, -0.15) is 0 Å². The second-order valence-electron chi connectivity index (χ2n) is 6.68. The van der Waals surface area contributed by atoms with Gasteiger partial charge in [0.2, 0.25) is 0 Å². The molecule has 2 aromatic rings. The van der Waals surface area contributed by atoms with Gasteiger partial charge in [0.25, 0.3) is 0 Å². The van der Waals surface area contributed by atoms with E-state index < -0.39 is 0 Å². The van der Waals surface area contributed by atoms with Gasteiger partial charge in [0.05, 0.1) is 14.2 Å². The third-order valence-electron chi connectivity index (χ3n) is 4.90. The predicted molar refractivity (Wildman–Crippen MR) is 104 cm³/mol. The van der Waals surface area contributed by atoms with Crippen LogP contribution in [0.15, 0.2) is 48.5 Å². The highest BCUT2D eigenvalue weighted by Crippen LogP contribution is 2.28. The van der Waals surface area contributed by atoms with Crippen molar-refractivity contribution in [2.75, 3.05) is 27.4 Å². The Labute approximate surface area is 156 Å². The molecule has 142 valence electrons. The number of ether oxygens (including phenoxy) is 2. The van der Waals surface area contributed by atoms with Crippen molar-refractivity contribution in [1.82, 2.24) is 0 Å². The molecule has 4 nitrogen and oxygen atoms in total. The molecule has 0 fully saturated rings.